The smallest absolute Gasteiger partial charge is 0.338 e. The molecule has 0 spiro atoms. The summed E-state index contributed by atoms with van der Waals surface area (Å²) in [6, 6.07) is 0. The minimum Gasteiger partial charge on any atom is -0.481 e. The van der Waals surface area contributed by atoms with Crippen molar-refractivity contribution in [3.63, 3.8) is 0 Å². The standard InChI is InChI=1S/C18H30O8/c1-5-6-7-8-9-10-11-12(19)13(14(20)21)18(26-4,16(24)25)17(2,3)15(22)23/h13H,5-11H2,1-4H3,(H,20,21)(H,22,23)(H,24,25). The number of carbonyl (C=O) groups excluding carboxylic acids is 1. The fourth-order valence-electron chi connectivity index (χ4n) is 3.13. The summed E-state index contributed by atoms with van der Waals surface area (Å²) in [5.41, 5.74) is -4.86. The van der Waals surface area contributed by atoms with Crippen molar-refractivity contribution >= 4 is 23.7 Å². The Kier molecular flexibility index (Phi) is 9.48. The van der Waals surface area contributed by atoms with E-state index in [0.717, 1.165) is 46.6 Å². The number of carbonyl (C=O) groups is 4. The lowest BCUT2D eigenvalue weighted by Crippen LogP contribution is -2.64. The molecule has 3 N–H and O–H groups in total. The summed E-state index contributed by atoms with van der Waals surface area (Å²) in [6.07, 6.45) is 5.04. The Morgan fingerprint density at radius 1 is 0.885 bits per heavy atom. The largest absolute Gasteiger partial charge is 0.481 e. The third-order valence-corrected chi connectivity index (χ3v) is 4.86. The maximum atomic E-state index is 12.5. The third-order valence-electron chi connectivity index (χ3n) is 4.86. The van der Waals surface area contributed by atoms with Crippen molar-refractivity contribution in [1.29, 1.82) is 0 Å². The number of hydrogen-bond acceptors (Lipinski definition) is 5. The molecule has 0 aromatic heterocycles. The van der Waals surface area contributed by atoms with Gasteiger partial charge in [0.1, 0.15) is 5.41 Å². The molecule has 0 amide bonds. The fourth-order valence-corrected chi connectivity index (χ4v) is 3.13. The van der Waals surface area contributed by atoms with Gasteiger partial charge in [0, 0.05) is 13.5 Å². The van der Waals surface area contributed by atoms with E-state index < -0.39 is 40.6 Å². The van der Waals surface area contributed by atoms with Gasteiger partial charge in [-0.15, -0.1) is 0 Å². The van der Waals surface area contributed by atoms with Gasteiger partial charge in [-0.05, 0) is 20.3 Å². The molecule has 150 valence electrons. The highest BCUT2D eigenvalue weighted by Crippen LogP contribution is 2.42. The van der Waals surface area contributed by atoms with Crippen molar-refractivity contribution in [3.8, 4) is 0 Å². The Bertz CT molecular complexity index is 525. The maximum absolute atomic E-state index is 12.5. The molecule has 0 fully saturated rings. The Labute approximate surface area is 153 Å². The second-order valence-electron chi connectivity index (χ2n) is 6.93. The number of carboxylic acids is 3. The Hall–Kier alpha value is -1.96. The van der Waals surface area contributed by atoms with Crippen molar-refractivity contribution in [2.24, 2.45) is 11.3 Å². The van der Waals surface area contributed by atoms with E-state index in [1.54, 1.807) is 0 Å². The van der Waals surface area contributed by atoms with Gasteiger partial charge in [-0.25, -0.2) is 4.79 Å². The van der Waals surface area contributed by atoms with Crippen LogP contribution in [0, 0.1) is 11.3 Å². The van der Waals surface area contributed by atoms with Crippen LogP contribution in [0.25, 0.3) is 0 Å². The van der Waals surface area contributed by atoms with Crippen LogP contribution in [0.4, 0.5) is 0 Å². The van der Waals surface area contributed by atoms with Gasteiger partial charge in [-0.3, -0.25) is 14.4 Å². The summed E-state index contributed by atoms with van der Waals surface area (Å²) >= 11 is 0. The number of ketones is 1. The zero-order valence-corrected chi connectivity index (χ0v) is 15.9. The predicted octanol–water partition coefficient (Wildman–Crippen LogP) is 2.59. The second-order valence-corrected chi connectivity index (χ2v) is 6.93. The molecule has 0 aliphatic rings. The van der Waals surface area contributed by atoms with Crippen LogP contribution in [0.3, 0.4) is 0 Å². The molecular weight excluding hydrogens is 344 g/mol. The topological polar surface area (TPSA) is 138 Å². The van der Waals surface area contributed by atoms with Crippen molar-refractivity contribution in [3.05, 3.63) is 0 Å². The molecule has 0 aliphatic heterocycles. The highest BCUT2D eigenvalue weighted by atomic mass is 16.5. The second kappa shape index (κ2) is 10.3. The zero-order chi connectivity index (χ0) is 20.5. The van der Waals surface area contributed by atoms with E-state index >= 15 is 0 Å². The van der Waals surface area contributed by atoms with Crippen LogP contribution in [0.5, 0.6) is 0 Å². The average molecular weight is 374 g/mol. The van der Waals surface area contributed by atoms with Crippen molar-refractivity contribution in [1.82, 2.24) is 0 Å². The van der Waals surface area contributed by atoms with Gasteiger partial charge >= 0.3 is 17.9 Å². The highest BCUT2D eigenvalue weighted by molar-refractivity contribution is 6.06. The molecule has 0 bridgehead atoms. The highest BCUT2D eigenvalue weighted by Gasteiger charge is 2.65. The Morgan fingerprint density at radius 3 is 1.77 bits per heavy atom. The SMILES string of the molecule is CCCCCCCCC(=O)C(C(=O)O)C(OC)(C(=O)O)C(C)(C)C(=O)O. The van der Waals surface area contributed by atoms with Gasteiger partial charge in [-0.1, -0.05) is 39.0 Å². The summed E-state index contributed by atoms with van der Waals surface area (Å²) in [5, 5.41) is 28.6. The number of ether oxygens (including phenoxy) is 1. The molecule has 0 rings (SSSR count). The fraction of sp³-hybridized carbons (Fsp3) is 0.778. The third kappa shape index (κ3) is 5.03. The van der Waals surface area contributed by atoms with Crippen molar-refractivity contribution in [2.45, 2.75) is 71.3 Å². The van der Waals surface area contributed by atoms with E-state index in [1.807, 2.05) is 0 Å². The van der Waals surface area contributed by atoms with Gasteiger partial charge in [0.25, 0.3) is 0 Å². The summed E-state index contributed by atoms with van der Waals surface area (Å²) in [5.74, 6) is -8.03. The van der Waals surface area contributed by atoms with Gasteiger partial charge < -0.3 is 20.1 Å². The molecule has 8 heteroatoms. The van der Waals surface area contributed by atoms with Crippen LogP contribution in [0.15, 0.2) is 0 Å². The van der Waals surface area contributed by atoms with Gasteiger partial charge in [0.2, 0.25) is 5.60 Å². The molecular formula is C18H30O8. The monoisotopic (exact) mass is 374 g/mol. The predicted molar refractivity (Wildman–Crippen MR) is 92.9 cm³/mol. The lowest BCUT2D eigenvalue weighted by Gasteiger charge is -2.42. The summed E-state index contributed by atoms with van der Waals surface area (Å²) in [4.78, 5) is 47.8. The number of hydrogen-bond donors (Lipinski definition) is 3. The van der Waals surface area contributed by atoms with E-state index in [0.29, 0.717) is 12.8 Å². The number of aliphatic carboxylic acids is 3. The summed E-state index contributed by atoms with van der Waals surface area (Å²) in [6.45, 7) is 4.16. The minimum absolute atomic E-state index is 0.142. The van der Waals surface area contributed by atoms with E-state index in [4.69, 9.17) is 4.74 Å². The first-order valence-corrected chi connectivity index (χ1v) is 8.78. The first kappa shape index (κ1) is 24.0. The molecule has 0 saturated heterocycles. The average Bonchev–Trinajstić information content (AvgIpc) is 2.54. The number of carboxylic acid groups (broad SMARTS) is 3. The van der Waals surface area contributed by atoms with Crippen LogP contribution >= 0.6 is 0 Å². The van der Waals surface area contributed by atoms with Crippen LogP contribution in [0.1, 0.15) is 65.7 Å². The first-order valence-electron chi connectivity index (χ1n) is 8.78. The lowest BCUT2D eigenvalue weighted by atomic mass is 9.65. The molecule has 26 heavy (non-hydrogen) atoms. The molecule has 0 aliphatic carbocycles. The Balaban J connectivity index is 5.57. The number of unbranched alkanes of at least 4 members (excludes halogenated alkanes) is 5. The van der Waals surface area contributed by atoms with Crippen LogP contribution < -0.4 is 0 Å². The lowest BCUT2D eigenvalue weighted by molar-refractivity contribution is -0.206. The summed E-state index contributed by atoms with van der Waals surface area (Å²) < 4.78 is 4.95. The molecule has 2 unspecified atom stereocenters. The van der Waals surface area contributed by atoms with Crippen LogP contribution in [-0.2, 0) is 23.9 Å². The molecule has 0 radical (unpaired) electrons. The maximum Gasteiger partial charge on any atom is 0.338 e. The minimum atomic E-state index is -2.72. The van der Waals surface area contributed by atoms with Gasteiger partial charge in [0.15, 0.2) is 11.7 Å². The number of rotatable bonds is 14. The molecule has 0 heterocycles. The molecule has 0 aromatic carbocycles. The normalized spacial score (nSPS) is 15.1. The zero-order valence-electron chi connectivity index (χ0n) is 15.9. The summed E-state index contributed by atoms with van der Waals surface area (Å²) in [7, 11) is 0.910. The number of Topliss-reactive ketones (excluding diaryl/α,β-unsaturated/α-hetero) is 1. The number of methoxy groups -OCH3 is 1. The molecule has 8 nitrogen and oxygen atoms in total. The van der Waals surface area contributed by atoms with Crippen molar-refractivity contribution in [2.75, 3.05) is 7.11 Å². The molecule has 0 aromatic rings. The van der Waals surface area contributed by atoms with Crippen LogP contribution in [0.2, 0.25) is 0 Å². The van der Waals surface area contributed by atoms with E-state index in [1.165, 1.54) is 0 Å². The van der Waals surface area contributed by atoms with E-state index in [9.17, 15) is 34.5 Å². The molecule has 0 saturated carbocycles. The van der Waals surface area contributed by atoms with Gasteiger partial charge in [-0.2, -0.15) is 0 Å². The molecule has 2 atom stereocenters. The van der Waals surface area contributed by atoms with Crippen molar-refractivity contribution < 1.29 is 39.2 Å². The Morgan fingerprint density at radius 2 is 1.38 bits per heavy atom. The first-order chi connectivity index (χ1) is 12.0. The van der Waals surface area contributed by atoms with Crippen LogP contribution in [-0.4, -0.2) is 51.7 Å². The van der Waals surface area contributed by atoms with E-state index in [2.05, 4.69) is 6.92 Å². The van der Waals surface area contributed by atoms with Gasteiger partial charge in [0.05, 0.1) is 0 Å². The quantitative estimate of drug-likeness (QED) is 0.311. The van der Waals surface area contributed by atoms with E-state index in [-0.39, 0.29) is 6.42 Å².